The van der Waals surface area contributed by atoms with E-state index in [1.165, 1.54) is 6.07 Å². The van der Waals surface area contributed by atoms with Crippen molar-refractivity contribution in [2.24, 2.45) is 5.84 Å². The highest BCUT2D eigenvalue weighted by Crippen LogP contribution is 2.26. The smallest absolute Gasteiger partial charge is 0.142 e. The standard InChI is InChI=1S/C14H12ClF3N2/c15-10-7-12(17)9(6-13(10)18)14(20-19)5-8-3-1-2-4-11(8)16/h1-4,6-7,14,20H,5,19H2. The van der Waals surface area contributed by atoms with E-state index in [-0.39, 0.29) is 17.0 Å². The number of nitrogens with two attached hydrogens (primary N) is 1. The van der Waals surface area contributed by atoms with E-state index in [9.17, 15) is 13.2 Å². The molecule has 0 saturated heterocycles. The summed E-state index contributed by atoms with van der Waals surface area (Å²) in [6.45, 7) is 0. The van der Waals surface area contributed by atoms with Crippen LogP contribution < -0.4 is 11.3 Å². The lowest BCUT2D eigenvalue weighted by Crippen LogP contribution is -2.30. The van der Waals surface area contributed by atoms with E-state index >= 15 is 0 Å². The van der Waals surface area contributed by atoms with Crippen LogP contribution in [0, 0.1) is 17.5 Å². The number of benzene rings is 2. The molecule has 0 aromatic heterocycles. The van der Waals surface area contributed by atoms with E-state index in [0.29, 0.717) is 5.56 Å². The van der Waals surface area contributed by atoms with E-state index in [4.69, 9.17) is 17.4 Å². The molecule has 6 heteroatoms. The molecule has 0 bridgehead atoms. The molecule has 0 amide bonds. The lowest BCUT2D eigenvalue weighted by Gasteiger charge is -2.18. The molecule has 2 nitrogen and oxygen atoms in total. The Labute approximate surface area is 119 Å². The molecule has 0 fully saturated rings. The van der Waals surface area contributed by atoms with E-state index in [2.05, 4.69) is 5.43 Å². The SMILES string of the molecule is NNC(Cc1ccccc1F)c1cc(F)c(Cl)cc1F. The first-order valence-corrected chi connectivity index (χ1v) is 6.24. The maximum absolute atomic E-state index is 13.8. The second kappa shape index (κ2) is 6.26. The van der Waals surface area contributed by atoms with Crippen LogP contribution in [0.1, 0.15) is 17.2 Å². The van der Waals surface area contributed by atoms with Crippen molar-refractivity contribution in [3.05, 3.63) is 70.0 Å². The quantitative estimate of drug-likeness (QED) is 0.515. The molecular weight excluding hydrogens is 289 g/mol. The summed E-state index contributed by atoms with van der Waals surface area (Å²) < 4.78 is 40.9. The molecule has 3 N–H and O–H groups in total. The van der Waals surface area contributed by atoms with Crippen LogP contribution in [0.3, 0.4) is 0 Å². The second-order valence-electron chi connectivity index (χ2n) is 4.30. The van der Waals surface area contributed by atoms with Crippen LogP contribution >= 0.6 is 11.6 Å². The molecule has 0 spiro atoms. The zero-order valence-corrected chi connectivity index (χ0v) is 11.1. The van der Waals surface area contributed by atoms with Gasteiger partial charge in [0.05, 0.1) is 11.1 Å². The normalized spacial score (nSPS) is 12.4. The van der Waals surface area contributed by atoms with E-state index in [0.717, 1.165) is 12.1 Å². The molecular formula is C14H12ClF3N2. The molecule has 0 heterocycles. The van der Waals surface area contributed by atoms with E-state index in [1.807, 2.05) is 0 Å². The molecule has 2 aromatic carbocycles. The van der Waals surface area contributed by atoms with Crippen LogP contribution in [0.2, 0.25) is 5.02 Å². The van der Waals surface area contributed by atoms with Gasteiger partial charge in [0.15, 0.2) is 0 Å². The van der Waals surface area contributed by atoms with Gasteiger partial charge in [-0.05, 0) is 30.2 Å². The van der Waals surface area contributed by atoms with Crippen LogP contribution in [0.25, 0.3) is 0 Å². The van der Waals surface area contributed by atoms with Gasteiger partial charge in [-0.1, -0.05) is 29.8 Å². The average molecular weight is 301 g/mol. The van der Waals surface area contributed by atoms with Gasteiger partial charge in [-0.25, -0.2) is 13.2 Å². The summed E-state index contributed by atoms with van der Waals surface area (Å²) in [7, 11) is 0. The zero-order valence-electron chi connectivity index (χ0n) is 10.3. The van der Waals surface area contributed by atoms with Crippen LogP contribution in [-0.4, -0.2) is 0 Å². The fraction of sp³-hybridized carbons (Fsp3) is 0.143. The van der Waals surface area contributed by atoms with Crippen molar-refractivity contribution >= 4 is 11.6 Å². The third-order valence-corrected chi connectivity index (χ3v) is 3.29. The maximum Gasteiger partial charge on any atom is 0.142 e. The van der Waals surface area contributed by atoms with Crippen molar-refractivity contribution < 1.29 is 13.2 Å². The van der Waals surface area contributed by atoms with Crippen molar-refractivity contribution in [1.29, 1.82) is 0 Å². The predicted octanol–water partition coefficient (Wildman–Crippen LogP) is 3.50. The number of rotatable bonds is 4. The fourth-order valence-electron chi connectivity index (χ4n) is 1.95. The van der Waals surface area contributed by atoms with Crippen molar-refractivity contribution in [3.63, 3.8) is 0 Å². The summed E-state index contributed by atoms with van der Waals surface area (Å²) in [5, 5.41) is -0.312. The molecule has 0 aliphatic rings. The number of nitrogens with one attached hydrogen (secondary N) is 1. The monoisotopic (exact) mass is 300 g/mol. The van der Waals surface area contributed by atoms with Gasteiger partial charge in [-0.2, -0.15) is 0 Å². The highest BCUT2D eigenvalue weighted by Gasteiger charge is 2.19. The van der Waals surface area contributed by atoms with E-state index < -0.39 is 23.5 Å². The Bertz CT molecular complexity index is 619. The molecule has 2 aromatic rings. The second-order valence-corrected chi connectivity index (χ2v) is 4.71. The van der Waals surface area contributed by atoms with Gasteiger partial charge in [0, 0.05) is 5.56 Å². The lowest BCUT2D eigenvalue weighted by atomic mass is 9.98. The van der Waals surface area contributed by atoms with Gasteiger partial charge in [-0.15, -0.1) is 0 Å². The summed E-state index contributed by atoms with van der Waals surface area (Å²) >= 11 is 5.49. The van der Waals surface area contributed by atoms with Crippen molar-refractivity contribution in [2.45, 2.75) is 12.5 Å². The number of hydrogen-bond donors (Lipinski definition) is 2. The predicted molar refractivity (Wildman–Crippen MR) is 71.5 cm³/mol. The van der Waals surface area contributed by atoms with Gasteiger partial charge < -0.3 is 0 Å². The van der Waals surface area contributed by atoms with Crippen molar-refractivity contribution in [1.82, 2.24) is 5.43 Å². The van der Waals surface area contributed by atoms with Crippen LogP contribution in [0.15, 0.2) is 36.4 Å². The minimum Gasteiger partial charge on any atom is -0.271 e. The Balaban J connectivity index is 2.34. The first kappa shape index (κ1) is 14.8. The molecule has 106 valence electrons. The molecule has 0 aliphatic heterocycles. The van der Waals surface area contributed by atoms with E-state index in [1.54, 1.807) is 18.2 Å². The van der Waals surface area contributed by atoms with Gasteiger partial charge in [0.1, 0.15) is 17.5 Å². The van der Waals surface area contributed by atoms with Gasteiger partial charge in [-0.3, -0.25) is 11.3 Å². The molecule has 0 aliphatic carbocycles. The summed E-state index contributed by atoms with van der Waals surface area (Å²) in [5.41, 5.74) is 2.72. The molecule has 1 atom stereocenters. The van der Waals surface area contributed by atoms with Gasteiger partial charge in [0.2, 0.25) is 0 Å². The zero-order chi connectivity index (χ0) is 14.7. The Morgan fingerprint density at radius 1 is 1.05 bits per heavy atom. The van der Waals surface area contributed by atoms with Crippen LogP contribution in [0.5, 0.6) is 0 Å². The fourth-order valence-corrected chi connectivity index (χ4v) is 2.10. The first-order chi connectivity index (χ1) is 9.52. The van der Waals surface area contributed by atoms with Crippen molar-refractivity contribution in [3.8, 4) is 0 Å². The number of halogens is 4. The summed E-state index contributed by atoms with van der Waals surface area (Å²) in [6.07, 6.45) is 0.0845. The Morgan fingerprint density at radius 2 is 1.75 bits per heavy atom. The van der Waals surface area contributed by atoms with Crippen LogP contribution in [0.4, 0.5) is 13.2 Å². The Hall–Kier alpha value is -1.56. The molecule has 20 heavy (non-hydrogen) atoms. The molecule has 0 saturated carbocycles. The molecule has 1 unspecified atom stereocenters. The molecule has 2 rings (SSSR count). The molecule has 0 radical (unpaired) electrons. The summed E-state index contributed by atoms with van der Waals surface area (Å²) in [6, 6.07) is 7.13. The minimum absolute atomic E-state index is 0.00217. The average Bonchev–Trinajstić information content (AvgIpc) is 2.42. The minimum atomic E-state index is -0.765. The first-order valence-electron chi connectivity index (χ1n) is 5.87. The lowest BCUT2D eigenvalue weighted by molar-refractivity contribution is 0.492. The summed E-state index contributed by atoms with van der Waals surface area (Å²) in [5.74, 6) is 3.49. The van der Waals surface area contributed by atoms with Gasteiger partial charge in [0.25, 0.3) is 0 Å². The Kier molecular flexibility index (Phi) is 4.65. The topological polar surface area (TPSA) is 38.0 Å². The number of hydrazine groups is 1. The largest absolute Gasteiger partial charge is 0.271 e. The maximum atomic E-state index is 13.8. The van der Waals surface area contributed by atoms with Gasteiger partial charge >= 0.3 is 0 Å². The van der Waals surface area contributed by atoms with Crippen LogP contribution in [-0.2, 0) is 6.42 Å². The Morgan fingerprint density at radius 3 is 2.40 bits per heavy atom. The third kappa shape index (κ3) is 3.12. The number of hydrogen-bond acceptors (Lipinski definition) is 2. The van der Waals surface area contributed by atoms with Crippen molar-refractivity contribution in [2.75, 3.05) is 0 Å². The highest BCUT2D eigenvalue weighted by atomic mass is 35.5. The highest BCUT2D eigenvalue weighted by molar-refractivity contribution is 6.30. The third-order valence-electron chi connectivity index (χ3n) is 3.00. The summed E-state index contributed by atoms with van der Waals surface area (Å²) in [4.78, 5) is 0.